The Labute approximate surface area is 138 Å². The lowest BCUT2D eigenvalue weighted by Gasteiger charge is -2.17. The van der Waals surface area contributed by atoms with Crippen molar-refractivity contribution in [3.63, 3.8) is 0 Å². The van der Waals surface area contributed by atoms with Gasteiger partial charge in [-0.25, -0.2) is 13.4 Å². The fourth-order valence-corrected chi connectivity index (χ4v) is 3.41. The minimum Gasteiger partial charge on any atom is -0.438 e. The summed E-state index contributed by atoms with van der Waals surface area (Å²) in [7, 11) is -3.41. The van der Waals surface area contributed by atoms with Crippen LogP contribution in [-0.4, -0.2) is 28.9 Å². The van der Waals surface area contributed by atoms with Crippen molar-refractivity contribution < 1.29 is 12.8 Å². The van der Waals surface area contributed by atoms with Crippen LogP contribution in [0.2, 0.25) is 0 Å². The van der Waals surface area contributed by atoms with E-state index in [-0.39, 0.29) is 13.1 Å². The van der Waals surface area contributed by atoms with Crippen LogP contribution in [0.15, 0.2) is 52.5 Å². The number of oxazole rings is 1. The first-order valence-corrected chi connectivity index (χ1v) is 9.59. The number of hydrogen-bond acceptors (Lipinski definition) is 6. The number of nitrogens with zero attached hydrogens (tertiary/aromatic N) is 3. The molecule has 3 aromatic rings. The van der Waals surface area contributed by atoms with Crippen molar-refractivity contribution in [3.05, 3.63) is 59.7 Å². The summed E-state index contributed by atoms with van der Waals surface area (Å²) in [5, 5.41) is 1.95. The number of sulfonamides is 1. The predicted molar refractivity (Wildman–Crippen MR) is 88.1 cm³/mol. The molecule has 0 unspecified atom stereocenters. The molecule has 0 atom stereocenters. The second-order valence-electron chi connectivity index (χ2n) is 4.95. The second-order valence-corrected chi connectivity index (χ2v) is 7.88. The van der Waals surface area contributed by atoms with Crippen LogP contribution in [0.4, 0.5) is 0 Å². The first-order chi connectivity index (χ1) is 11.0. The molecular weight excluding hydrogens is 334 g/mol. The number of rotatable bonds is 6. The van der Waals surface area contributed by atoms with Gasteiger partial charge in [-0.3, -0.25) is 4.98 Å². The van der Waals surface area contributed by atoms with E-state index in [0.717, 1.165) is 4.88 Å². The average molecular weight is 349 g/mol. The molecule has 0 fully saturated rings. The second kappa shape index (κ2) is 6.61. The smallest absolute Gasteiger partial charge is 0.212 e. The molecule has 120 valence electrons. The van der Waals surface area contributed by atoms with Crippen LogP contribution in [0.25, 0.3) is 10.6 Å². The van der Waals surface area contributed by atoms with Crippen molar-refractivity contribution in [2.75, 3.05) is 6.26 Å². The van der Waals surface area contributed by atoms with Crippen LogP contribution in [0, 0.1) is 0 Å². The molecule has 0 spiro atoms. The Kier molecular flexibility index (Phi) is 4.56. The molecule has 0 saturated carbocycles. The van der Waals surface area contributed by atoms with Gasteiger partial charge in [0.1, 0.15) is 0 Å². The van der Waals surface area contributed by atoms with E-state index in [9.17, 15) is 8.42 Å². The van der Waals surface area contributed by atoms with E-state index in [0.29, 0.717) is 17.3 Å². The highest BCUT2D eigenvalue weighted by atomic mass is 32.2. The zero-order chi connectivity index (χ0) is 16.3. The molecule has 3 rings (SSSR count). The molecule has 0 bridgehead atoms. The van der Waals surface area contributed by atoms with Crippen LogP contribution in [-0.2, 0) is 23.1 Å². The summed E-state index contributed by atoms with van der Waals surface area (Å²) in [5.41, 5.74) is 0.669. The van der Waals surface area contributed by atoms with Crippen molar-refractivity contribution in [1.29, 1.82) is 0 Å². The van der Waals surface area contributed by atoms with Crippen LogP contribution in [0.3, 0.4) is 0 Å². The van der Waals surface area contributed by atoms with Crippen LogP contribution in [0.5, 0.6) is 0 Å². The zero-order valence-electron chi connectivity index (χ0n) is 12.4. The Bertz CT molecular complexity index is 859. The lowest BCUT2D eigenvalue weighted by atomic mass is 10.3. The molecule has 8 heteroatoms. The highest BCUT2D eigenvalue weighted by Gasteiger charge is 2.21. The Morgan fingerprint density at radius 2 is 2.04 bits per heavy atom. The number of pyridine rings is 1. The average Bonchev–Trinajstić information content (AvgIpc) is 3.17. The van der Waals surface area contributed by atoms with Gasteiger partial charge in [0.25, 0.3) is 0 Å². The van der Waals surface area contributed by atoms with E-state index >= 15 is 0 Å². The molecule has 6 nitrogen and oxygen atoms in total. The van der Waals surface area contributed by atoms with Crippen molar-refractivity contribution >= 4 is 21.4 Å². The molecule has 0 amide bonds. The van der Waals surface area contributed by atoms with Crippen molar-refractivity contribution in [3.8, 4) is 10.6 Å². The minimum absolute atomic E-state index is 0.0702. The monoisotopic (exact) mass is 349 g/mol. The molecule has 0 N–H and O–H groups in total. The third kappa shape index (κ3) is 4.04. The molecule has 3 aromatic heterocycles. The van der Waals surface area contributed by atoms with Gasteiger partial charge < -0.3 is 4.42 Å². The lowest BCUT2D eigenvalue weighted by molar-refractivity contribution is 0.352. The summed E-state index contributed by atoms with van der Waals surface area (Å²) in [6.07, 6.45) is 4.41. The Hall–Kier alpha value is -2.03. The fraction of sp³-hybridized carbons (Fsp3) is 0.200. The standard InChI is InChI=1S/C15H15N3O3S2/c1-23(19,20)18(10-12-5-2-3-7-16-12)11-15-17-9-13(21-15)14-6-4-8-22-14/h2-9H,10-11H2,1H3. The zero-order valence-corrected chi connectivity index (χ0v) is 14.0. The topological polar surface area (TPSA) is 76.3 Å². The quantitative estimate of drug-likeness (QED) is 0.684. The van der Waals surface area contributed by atoms with Gasteiger partial charge in [0.05, 0.1) is 36.1 Å². The summed E-state index contributed by atoms with van der Waals surface area (Å²) in [6.45, 7) is 0.247. The van der Waals surface area contributed by atoms with E-state index in [1.165, 1.54) is 10.6 Å². The molecule has 0 aliphatic heterocycles. The van der Waals surface area contributed by atoms with Crippen LogP contribution >= 0.6 is 11.3 Å². The van der Waals surface area contributed by atoms with E-state index in [1.807, 2.05) is 23.6 Å². The van der Waals surface area contributed by atoms with E-state index in [2.05, 4.69) is 9.97 Å². The lowest BCUT2D eigenvalue weighted by Crippen LogP contribution is -2.29. The Morgan fingerprint density at radius 1 is 1.17 bits per heavy atom. The SMILES string of the molecule is CS(=O)(=O)N(Cc1ccccn1)Cc1ncc(-c2cccs2)o1. The first kappa shape index (κ1) is 15.9. The Morgan fingerprint density at radius 3 is 2.70 bits per heavy atom. The third-order valence-electron chi connectivity index (χ3n) is 3.16. The van der Waals surface area contributed by atoms with Gasteiger partial charge >= 0.3 is 0 Å². The maximum atomic E-state index is 12.0. The number of aromatic nitrogens is 2. The maximum Gasteiger partial charge on any atom is 0.212 e. The van der Waals surface area contributed by atoms with E-state index in [1.54, 1.807) is 35.9 Å². The van der Waals surface area contributed by atoms with E-state index < -0.39 is 10.0 Å². The van der Waals surface area contributed by atoms with Gasteiger partial charge in [0.15, 0.2) is 5.76 Å². The molecule has 0 aliphatic carbocycles. The molecule has 0 radical (unpaired) electrons. The molecule has 0 aromatic carbocycles. The summed E-state index contributed by atoms with van der Waals surface area (Å²) in [6, 6.07) is 9.24. The minimum atomic E-state index is -3.41. The summed E-state index contributed by atoms with van der Waals surface area (Å²) in [4.78, 5) is 9.30. The summed E-state index contributed by atoms with van der Waals surface area (Å²) < 4.78 is 31.0. The van der Waals surface area contributed by atoms with Gasteiger partial charge in [-0.2, -0.15) is 4.31 Å². The van der Waals surface area contributed by atoms with Gasteiger partial charge in [0, 0.05) is 6.20 Å². The molecule has 3 heterocycles. The number of thiophene rings is 1. The Balaban J connectivity index is 1.79. The highest BCUT2D eigenvalue weighted by molar-refractivity contribution is 7.88. The predicted octanol–water partition coefficient (Wildman–Crippen LogP) is 2.76. The van der Waals surface area contributed by atoms with Gasteiger partial charge in [-0.15, -0.1) is 11.3 Å². The highest BCUT2D eigenvalue weighted by Crippen LogP contribution is 2.25. The largest absolute Gasteiger partial charge is 0.438 e. The first-order valence-electron chi connectivity index (χ1n) is 6.86. The molecular formula is C15H15N3O3S2. The summed E-state index contributed by atoms with van der Waals surface area (Å²) >= 11 is 1.54. The molecule has 0 aliphatic rings. The van der Waals surface area contributed by atoms with Crippen molar-refractivity contribution in [1.82, 2.24) is 14.3 Å². The fourth-order valence-electron chi connectivity index (χ4n) is 2.03. The molecule has 0 saturated heterocycles. The van der Waals surface area contributed by atoms with Gasteiger partial charge in [-0.05, 0) is 23.6 Å². The normalized spacial score (nSPS) is 11.9. The van der Waals surface area contributed by atoms with Gasteiger partial charge in [-0.1, -0.05) is 12.1 Å². The van der Waals surface area contributed by atoms with Crippen molar-refractivity contribution in [2.24, 2.45) is 0 Å². The maximum absolute atomic E-state index is 12.0. The number of hydrogen-bond donors (Lipinski definition) is 0. The molecule has 23 heavy (non-hydrogen) atoms. The van der Waals surface area contributed by atoms with E-state index in [4.69, 9.17) is 4.42 Å². The third-order valence-corrected chi connectivity index (χ3v) is 5.24. The summed E-state index contributed by atoms with van der Waals surface area (Å²) in [5.74, 6) is 0.996. The van der Waals surface area contributed by atoms with Crippen molar-refractivity contribution in [2.45, 2.75) is 13.1 Å². The van der Waals surface area contributed by atoms with Gasteiger partial charge in [0.2, 0.25) is 15.9 Å². The van der Waals surface area contributed by atoms with Crippen LogP contribution < -0.4 is 0 Å². The van der Waals surface area contributed by atoms with Crippen LogP contribution in [0.1, 0.15) is 11.6 Å².